The molecule has 2 N–H and O–H groups in total. The molecule has 1 aromatic carbocycles. The molecular weight excluding hydrogens is 240 g/mol. The van der Waals surface area contributed by atoms with E-state index in [1.54, 1.807) is 7.11 Å². The summed E-state index contributed by atoms with van der Waals surface area (Å²) in [5.74, 6) is 1.03. The molecule has 1 saturated heterocycles. The van der Waals surface area contributed by atoms with Crippen LogP contribution in [0.2, 0.25) is 0 Å². The maximum absolute atomic E-state index is 11.6. The zero-order valence-corrected chi connectivity index (χ0v) is 11.6. The average molecular weight is 262 g/mol. The van der Waals surface area contributed by atoms with Gasteiger partial charge in [0.05, 0.1) is 7.11 Å². The fourth-order valence-electron chi connectivity index (χ4n) is 2.58. The van der Waals surface area contributed by atoms with Gasteiger partial charge in [-0.25, -0.2) is 0 Å². The number of hydrogen-bond acceptors (Lipinski definition) is 3. The van der Waals surface area contributed by atoms with Crippen LogP contribution in [0.15, 0.2) is 24.3 Å². The second kappa shape index (κ2) is 6.57. The molecule has 4 nitrogen and oxygen atoms in total. The maximum atomic E-state index is 11.6. The number of hydrogen-bond donors (Lipinski definition) is 2. The summed E-state index contributed by atoms with van der Waals surface area (Å²) in [5, 5.41) is 6.45. The Morgan fingerprint density at radius 1 is 1.42 bits per heavy atom. The van der Waals surface area contributed by atoms with Crippen LogP contribution in [-0.2, 0) is 4.79 Å². The Bertz CT molecular complexity index is 434. The molecule has 1 heterocycles. The van der Waals surface area contributed by atoms with E-state index in [0.29, 0.717) is 6.42 Å². The number of rotatable bonds is 4. The van der Waals surface area contributed by atoms with Crippen molar-refractivity contribution in [3.05, 3.63) is 29.8 Å². The molecule has 1 aliphatic heterocycles. The van der Waals surface area contributed by atoms with Crippen LogP contribution in [0.5, 0.6) is 5.75 Å². The first-order valence-corrected chi connectivity index (χ1v) is 6.86. The highest BCUT2D eigenvalue weighted by atomic mass is 16.5. The normalized spacial score (nSPS) is 21.4. The highest BCUT2D eigenvalue weighted by molar-refractivity contribution is 5.76. The zero-order chi connectivity index (χ0) is 13.7. The summed E-state index contributed by atoms with van der Waals surface area (Å²) in [6.45, 7) is 2.90. The predicted molar refractivity (Wildman–Crippen MR) is 75.2 cm³/mol. The van der Waals surface area contributed by atoms with Crippen molar-refractivity contribution >= 4 is 5.91 Å². The van der Waals surface area contributed by atoms with Crippen molar-refractivity contribution in [1.29, 1.82) is 0 Å². The van der Waals surface area contributed by atoms with Crippen LogP contribution in [0.3, 0.4) is 0 Å². The molecule has 104 valence electrons. The molecule has 0 bridgehead atoms. The number of nitrogens with one attached hydrogen (secondary N) is 2. The summed E-state index contributed by atoms with van der Waals surface area (Å²) in [7, 11) is 1.69. The van der Waals surface area contributed by atoms with Gasteiger partial charge in [0.2, 0.25) is 5.91 Å². The van der Waals surface area contributed by atoms with E-state index in [-0.39, 0.29) is 18.0 Å². The summed E-state index contributed by atoms with van der Waals surface area (Å²) in [4.78, 5) is 11.6. The summed E-state index contributed by atoms with van der Waals surface area (Å²) in [5.41, 5.74) is 1.13. The lowest BCUT2D eigenvalue weighted by Gasteiger charge is -2.23. The van der Waals surface area contributed by atoms with Crippen LogP contribution >= 0.6 is 0 Å². The number of carbonyl (C=O) groups is 1. The third-order valence-electron chi connectivity index (χ3n) is 3.57. The standard InChI is InChI=1S/C15H22N2O2/c1-11(13-7-3-4-8-14(13)19-2)17-12-6-5-9-16-15(18)10-12/h3-4,7-8,11-12,17H,5-6,9-10H2,1-2H3,(H,16,18)/t11-,12?/m1/s1. The van der Waals surface area contributed by atoms with Crippen molar-refractivity contribution in [2.45, 2.75) is 38.3 Å². The van der Waals surface area contributed by atoms with Crippen LogP contribution in [0.4, 0.5) is 0 Å². The molecule has 0 radical (unpaired) electrons. The number of methoxy groups -OCH3 is 1. The lowest BCUT2D eigenvalue weighted by Crippen LogP contribution is -2.34. The molecule has 1 unspecified atom stereocenters. The van der Waals surface area contributed by atoms with E-state index >= 15 is 0 Å². The molecule has 1 aliphatic rings. The fraction of sp³-hybridized carbons (Fsp3) is 0.533. The van der Waals surface area contributed by atoms with Crippen molar-refractivity contribution < 1.29 is 9.53 Å². The van der Waals surface area contributed by atoms with Gasteiger partial charge in [-0.05, 0) is 25.8 Å². The molecule has 4 heteroatoms. The Balaban J connectivity index is 2.03. The minimum Gasteiger partial charge on any atom is -0.496 e. The van der Waals surface area contributed by atoms with Crippen molar-refractivity contribution in [2.75, 3.05) is 13.7 Å². The largest absolute Gasteiger partial charge is 0.496 e. The van der Waals surface area contributed by atoms with Crippen molar-refractivity contribution in [3.63, 3.8) is 0 Å². The number of carbonyl (C=O) groups excluding carboxylic acids is 1. The highest BCUT2D eigenvalue weighted by Crippen LogP contribution is 2.25. The van der Waals surface area contributed by atoms with Crippen LogP contribution in [0.25, 0.3) is 0 Å². The van der Waals surface area contributed by atoms with Gasteiger partial charge >= 0.3 is 0 Å². The number of benzene rings is 1. The van der Waals surface area contributed by atoms with E-state index < -0.39 is 0 Å². The van der Waals surface area contributed by atoms with Crippen molar-refractivity contribution in [1.82, 2.24) is 10.6 Å². The Hall–Kier alpha value is -1.55. The summed E-state index contributed by atoms with van der Waals surface area (Å²) < 4.78 is 5.38. The van der Waals surface area contributed by atoms with Crippen molar-refractivity contribution in [3.8, 4) is 5.75 Å². The third-order valence-corrected chi connectivity index (χ3v) is 3.57. The lowest BCUT2D eigenvalue weighted by atomic mass is 10.0. The first kappa shape index (κ1) is 13.9. The van der Waals surface area contributed by atoms with Gasteiger partial charge in [-0.2, -0.15) is 0 Å². The summed E-state index contributed by atoms with van der Waals surface area (Å²) >= 11 is 0. The van der Waals surface area contributed by atoms with Crippen LogP contribution in [0.1, 0.15) is 37.8 Å². The van der Waals surface area contributed by atoms with Crippen LogP contribution < -0.4 is 15.4 Å². The molecule has 1 aromatic rings. The van der Waals surface area contributed by atoms with E-state index in [1.165, 1.54) is 0 Å². The molecule has 0 spiro atoms. The highest BCUT2D eigenvalue weighted by Gasteiger charge is 2.20. The van der Waals surface area contributed by atoms with E-state index in [4.69, 9.17) is 4.74 Å². The SMILES string of the molecule is COc1ccccc1[C@@H](C)NC1CCCNC(=O)C1. The fourth-order valence-corrected chi connectivity index (χ4v) is 2.58. The lowest BCUT2D eigenvalue weighted by molar-refractivity contribution is -0.121. The van der Waals surface area contributed by atoms with Gasteiger partial charge in [0.25, 0.3) is 0 Å². The first-order valence-electron chi connectivity index (χ1n) is 6.86. The number of ether oxygens (including phenoxy) is 1. The zero-order valence-electron chi connectivity index (χ0n) is 11.6. The number of para-hydroxylation sites is 1. The molecular formula is C15H22N2O2. The molecule has 2 atom stereocenters. The predicted octanol–water partition coefficient (Wildman–Crippen LogP) is 2.01. The van der Waals surface area contributed by atoms with Gasteiger partial charge in [0.15, 0.2) is 0 Å². The minimum atomic E-state index is 0.141. The van der Waals surface area contributed by atoms with Gasteiger partial charge in [0.1, 0.15) is 5.75 Å². The van der Waals surface area contributed by atoms with Gasteiger partial charge in [-0.3, -0.25) is 4.79 Å². The summed E-state index contributed by atoms with van der Waals surface area (Å²) in [6, 6.07) is 8.42. The second-order valence-electron chi connectivity index (χ2n) is 5.02. The average Bonchev–Trinajstić information content (AvgIpc) is 2.63. The van der Waals surface area contributed by atoms with Gasteiger partial charge in [-0.1, -0.05) is 18.2 Å². The van der Waals surface area contributed by atoms with E-state index in [9.17, 15) is 4.79 Å². The molecule has 0 aliphatic carbocycles. The Morgan fingerprint density at radius 3 is 3.00 bits per heavy atom. The first-order chi connectivity index (χ1) is 9.20. The molecule has 19 heavy (non-hydrogen) atoms. The van der Waals surface area contributed by atoms with Gasteiger partial charge in [-0.15, -0.1) is 0 Å². The van der Waals surface area contributed by atoms with Crippen molar-refractivity contribution in [2.24, 2.45) is 0 Å². The Labute approximate surface area is 114 Å². The minimum absolute atomic E-state index is 0.141. The van der Waals surface area contributed by atoms with Gasteiger partial charge in [0, 0.05) is 30.6 Å². The second-order valence-corrected chi connectivity index (χ2v) is 5.02. The third kappa shape index (κ3) is 3.70. The molecule has 1 fully saturated rings. The smallest absolute Gasteiger partial charge is 0.221 e. The van der Waals surface area contributed by atoms with Crippen LogP contribution in [-0.4, -0.2) is 25.6 Å². The Kier molecular flexibility index (Phi) is 4.80. The van der Waals surface area contributed by atoms with Gasteiger partial charge < -0.3 is 15.4 Å². The maximum Gasteiger partial charge on any atom is 0.221 e. The molecule has 2 rings (SSSR count). The topological polar surface area (TPSA) is 50.4 Å². The number of amides is 1. The Morgan fingerprint density at radius 2 is 2.21 bits per heavy atom. The quantitative estimate of drug-likeness (QED) is 0.872. The van der Waals surface area contributed by atoms with E-state index in [1.807, 2.05) is 18.2 Å². The molecule has 1 amide bonds. The summed E-state index contributed by atoms with van der Waals surface area (Å²) in [6.07, 6.45) is 2.61. The molecule has 0 aromatic heterocycles. The monoisotopic (exact) mass is 262 g/mol. The van der Waals surface area contributed by atoms with E-state index in [2.05, 4.69) is 23.6 Å². The van der Waals surface area contributed by atoms with E-state index in [0.717, 1.165) is 30.7 Å². The van der Waals surface area contributed by atoms with Crippen LogP contribution in [0, 0.1) is 0 Å². The molecule has 0 saturated carbocycles.